The Morgan fingerprint density at radius 2 is 1.52 bits per heavy atom. The lowest BCUT2D eigenvalue weighted by Gasteiger charge is -2.13. The summed E-state index contributed by atoms with van der Waals surface area (Å²) in [6, 6.07) is 10.9. The van der Waals surface area contributed by atoms with Gasteiger partial charge in [-0.25, -0.2) is 0 Å². The van der Waals surface area contributed by atoms with E-state index in [-0.39, 0.29) is 5.78 Å². The predicted octanol–water partition coefficient (Wildman–Crippen LogP) is 4.17. The van der Waals surface area contributed by atoms with Crippen molar-refractivity contribution in [2.75, 3.05) is 28.4 Å². The summed E-state index contributed by atoms with van der Waals surface area (Å²) >= 11 is 1.44. The molecule has 1 heterocycles. The van der Waals surface area contributed by atoms with Gasteiger partial charge in [0.05, 0.1) is 33.3 Å². The fraction of sp³-hybridized carbons (Fsp3) is 0.211. The molecule has 0 unspecified atom stereocenters. The highest BCUT2D eigenvalue weighted by molar-refractivity contribution is 7.21. The monoisotopic (exact) mass is 358 g/mol. The quantitative estimate of drug-likeness (QED) is 0.619. The summed E-state index contributed by atoms with van der Waals surface area (Å²) < 4.78 is 22.2. The van der Waals surface area contributed by atoms with E-state index < -0.39 is 0 Å². The summed E-state index contributed by atoms with van der Waals surface area (Å²) in [5.41, 5.74) is 0.480. The van der Waals surface area contributed by atoms with Crippen LogP contribution in [0, 0.1) is 0 Å². The van der Waals surface area contributed by atoms with Crippen molar-refractivity contribution in [2.45, 2.75) is 0 Å². The van der Waals surface area contributed by atoms with Gasteiger partial charge in [0.2, 0.25) is 11.5 Å². The molecule has 6 heteroatoms. The second-order valence-corrected chi connectivity index (χ2v) is 6.34. The number of rotatable bonds is 6. The molecule has 2 aromatic carbocycles. The van der Waals surface area contributed by atoms with E-state index in [1.807, 2.05) is 24.3 Å². The molecule has 0 bridgehead atoms. The van der Waals surface area contributed by atoms with Crippen LogP contribution in [0.15, 0.2) is 36.4 Å². The largest absolute Gasteiger partial charge is 0.497 e. The molecular weight excluding hydrogens is 340 g/mol. The van der Waals surface area contributed by atoms with Crippen LogP contribution in [0.1, 0.15) is 15.2 Å². The van der Waals surface area contributed by atoms with Crippen molar-refractivity contribution in [1.82, 2.24) is 0 Å². The molecular formula is C19H18O5S. The average Bonchev–Trinajstić information content (AvgIpc) is 3.08. The minimum absolute atomic E-state index is 0.0978. The van der Waals surface area contributed by atoms with Gasteiger partial charge in [0.1, 0.15) is 5.75 Å². The lowest BCUT2D eigenvalue weighted by molar-refractivity contribution is 0.104. The summed E-state index contributed by atoms with van der Waals surface area (Å²) in [6.45, 7) is 0. The Kier molecular flexibility index (Phi) is 4.81. The molecule has 0 saturated heterocycles. The van der Waals surface area contributed by atoms with E-state index in [9.17, 15) is 4.79 Å². The summed E-state index contributed by atoms with van der Waals surface area (Å²) in [4.78, 5) is 13.6. The first-order chi connectivity index (χ1) is 12.1. The Morgan fingerprint density at radius 1 is 0.840 bits per heavy atom. The van der Waals surface area contributed by atoms with Gasteiger partial charge in [0.25, 0.3) is 0 Å². The number of hydrogen-bond acceptors (Lipinski definition) is 6. The second kappa shape index (κ2) is 7.03. The lowest BCUT2D eigenvalue weighted by Crippen LogP contribution is -2.02. The summed E-state index contributed by atoms with van der Waals surface area (Å²) in [7, 11) is 6.20. The third-order valence-corrected chi connectivity index (χ3v) is 4.99. The van der Waals surface area contributed by atoms with Crippen molar-refractivity contribution in [3.63, 3.8) is 0 Å². The van der Waals surface area contributed by atoms with Gasteiger partial charge >= 0.3 is 0 Å². The molecule has 130 valence electrons. The SMILES string of the molecule is COc1ccc2sc(C(=O)c3cc(OC)c(OC)c(OC)c3)cc2c1. The number of carbonyl (C=O) groups excluding carboxylic acids is 1. The van der Waals surface area contributed by atoms with Crippen LogP contribution < -0.4 is 18.9 Å². The van der Waals surface area contributed by atoms with Gasteiger partial charge in [-0.2, -0.15) is 0 Å². The van der Waals surface area contributed by atoms with Crippen LogP contribution in [-0.4, -0.2) is 34.2 Å². The van der Waals surface area contributed by atoms with Gasteiger partial charge in [-0.05, 0) is 41.8 Å². The van der Waals surface area contributed by atoms with E-state index in [0.29, 0.717) is 27.7 Å². The zero-order valence-corrected chi connectivity index (χ0v) is 15.2. The number of thiophene rings is 1. The minimum atomic E-state index is -0.0978. The van der Waals surface area contributed by atoms with Crippen molar-refractivity contribution in [3.05, 3.63) is 46.8 Å². The highest BCUT2D eigenvalue weighted by Crippen LogP contribution is 2.39. The fourth-order valence-corrected chi connectivity index (χ4v) is 3.62. The minimum Gasteiger partial charge on any atom is -0.497 e. The molecule has 0 spiro atoms. The Morgan fingerprint density at radius 3 is 2.08 bits per heavy atom. The van der Waals surface area contributed by atoms with E-state index in [0.717, 1.165) is 15.8 Å². The Labute approximate surface area is 149 Å². The molecule has 0 aliphatic heterocycles. The third-order valence-electron chi connectivity index (χ3n) is 3.87. The van der Waals surface area contributed by atoms with Gasteiger partial charge in [0, 0.05) is 10.3 Å². The number of ether oxygens (including phenoxy) is 4. The topological polar surface area (TPSA) is 54.0 Å². The fourth-order valence-electron chi connectivity index (χ4n) is 2.61. The maximum atomic E-state index is 12.9. The Bertz CT molecular complexity index is 904. The van der Waals surface area contributed by atoms with Gasteiger partial charge in [0.15, 0.2) is 11.5 Å². The summed E-state index contributed by atoms with van der Waals surface area (Å²) in [6.07, 6.45) is 0. The summed E-state index contributed by atoms with van der Waals surface area (Å²) in [5.74, 6) is 2.03. The van der Waals surface area contributed by atoms with Crippen molar-refractivity contribution in [1.29, 1.82) is 0 Å². The van der Waals surface area contributed by atoms with Crippen LogP contribution in [0.5, 0.6) is 23.0 Å². The number of carbonyl (C=O) groups is 1. The zero-order chi connectivity index (χ0) is 18.0. The first-order valence-electron chi connectivity index (χ1n) is 7.53. The number of methoxy groups -OCH3 is 4. The van der Waals surface area contributed by atoms with Crippen LogP contribution in [0.25, 0.3) is 10.1 Å². The molecule has 0 atom stereocenters. The molecule has 0 N–H and O–H groups in total. The number of hydrogen-bond donors (Lipinski definition) is 0. The highest BCUT2D eigenvalue weighted by Gasteiger charge is 2.19. The van der Waals surface area contributed by atoms with Crippen molar-refractivity contribution in [3.8, 4) is 23.0 Å². The summed E-state index contributed by atoms with van der Waals surface area (Å²) in [5, 5.41) is 0.972. The van der Waals surface area contributed by atoms with E-state index >= 15 is 0 Å². The van der Waals surface area contributed by atoms with Crippen LogP contribution >= 0.6 is 11.3 Å². The highest BCUT2D eigenvalue weighted by atomic mass is 32.1. The second-order valence-electron chi connectivity index (χ2n) is 5.26. The van der Waals surface area contributed by atoms with E-state index in [1.54, 1.807) is 19.2 Å². The van der Waals surface area contributed by atoms with Crippen LogP contribution in [0.2, 0.25) is 0 Å². The molecule has 0 aliphatic carbocycles. The van der Waals surface area contributed by atoms with Crippen LogP contribution in [-0.2, 0) is 0 Å². The Hall–Kier alpha value is -2.73. The molecule has 5 nitrogen and oxygen atoms in total. The van der Waals surface area contributed by atoms with Gasteiger partial charge < -0.3 is 18.9 Å². The van der Waals surface area contributed by atoms with Crippen molar-refractivity contribution >= 4 is 27.2 Å². The van der Waals surface area contributed by atoms with E-state index in [4.69, 9.17) is 18.9 Å². The van der Waals surface area contributed by atoms with Gasteiger partial charge in [-0.1, -0.05) is 0 Å². The maximum Gasteiger partial charge on any atom is 0.203 e. The molecule has 0 aliphatic rings. The van der Waals surface area contributed by atoms with E-state index in [2.05, 4.69) is 0 Å². The normalized spacial score (nSPS) is 10.6. The van der Waals surface area contributed by atoms with E-state index in [1.165, 1.54) is 32.7 Å². The average molecular weight is 358 g/mol. The standard InChI is InChI=1S/C19H18O5S/c1-21-13-5-6-16-11(7-13)10-17(25-16)18(20)12-8-14(22-2)19(24-4)15(9-12)23-3/h5-10H,1-4H3. The molecule has 25 heavy (non-hydrogen) atoms. The Balaban J connectivity index is 2.05. The van der Waals surface area contributed by atoms with Gasteiger partial charge in [-0.3, -0.25) is 4.79 Å². The number of ketones is 1. The number of benzene rings is 2. The molecule has 0 amide bonds. The van der Waals surface area contributed by atoms with Crippen LogP contribution in [0.4, 0.5) is 0 Å². The maximum absolute atomic E-state index is 12.9. The predicted molar refractivity (Wildman–Crippen MR) is 97.9 cm³/mol. The molecule has 3 rings (SSSR count). The lowest BCUT2D eigenvalue weighted by atomic mass is 10.1. The third kappa shape index (κ3) is 3.13. The molecule has 0 radical (unpaired) electrons. The molecule has 1 aromatic heterocycles. The molecule has 0 fully saturated rings. The molecule has 0 saturated carbocycles. The van der Waals surface area contributed by atoms with Crippen molar-refractivity contribution in [2.24, 2.45) is 0 Å². The first-order valence-corrected chi connectivity index (χ1v) is 8.35. The van der Waals surface area contributed by atoms with Crippen LogP contribution in [0.3, 0.4) is 0 Å². The smallest absolute Gasteiger partial charge is 0.203 e. The molecule has 3 aromatic rings. The van der Waals surface area contributed by atoms with Crippen molar-refractivity contribution < 1.29 is 23.7 Å². The zero-order valence-electron chi connectivity index (χ0n) is 14.4. The first kappa shape index (κ1) is 17.1. The number of fused-ring (bicyclic) bond motifs is 1. The van der Waals surface area contributed by atoms with Gasteiger partial charge in [-0.15, -0.1) is 11.3 Å².